The molecule has 0 saturated carbocycles. The van der Waals surface area contributed by atoms with Crippen LogP contribution in [0.5, 0.6) is 0 Å². The van der Waals surface area contributed by atoms with Crippen LogP contribution in [-0.4, -0.2) is 11.1 Å². The summed E-state index contributed by atoms with van der Waals surface area (Å²) in [7, 11) is 0. The van der Waals surface area contributed by atoms with E-state index in [4.69, 9.17) is 9.90 Å². The fourth-order valence-corrected chi connectivity index (χ4v) is 2.02. The average Bonchev–Trinajstić information content (AvgIpc) is 2.54. The van der Waals surface area contributed by atoms with Crippen molar-refractivity contribution >= 4 is 5.97 Å². The summed E-state index contributed by atoms with van der Waals surface area (Å²) in [5.74, 6) is -0.241. The summed E-state index contributed by atoms with van der Waals surface area (Å²) >= 11 is 0. The largest absolute Gasteiger partial charge is 0.481 e. The van der Waals surface area contributed by atoms with E-state index in [1.54, 1.807) is 0 Å². The first-order valence-electron chi connectivity index (χ1n) is 6.52. The number of hydrogen-bond acceptors (Lipinski definition) is 1. The lowest BCUT2D eigenvalue weighted by atomic mass is 10.0. The molecular weight excluding hydrogens is 236 g/mol. The third-order valence-electron chi connectivity index (χ3n) is 3.14. The minimum absolute atomic E-state index is 0.592. The molecule has 0 radical (unpaired) electrons. The molecule has 0 aromatic rings. The van der Waals surface area contributed by atoms with E-state index in [0.717, 1.165) is 6.92 Å². The van der Waals surface area contributed by atoms with Crippen LogP contribution < -0.4 is 0 Å². The third-order valence-corrected chi connectivity index (χ3v) is 3.14. The van der Waals surface area contributed by atoms with E-state index in [-0.39, 0.29) is 0 Å². The number of aliphatic carboxylic acids is 1. The lowest BCUT2D eigenvalue weighted by Gasteiger charge is -2.03. The van der Waals surface area contributed by atoms with Gasteiger partial charge in [-0.1, -0.05) is 44.2 Å². The highest BCUT2D eigenvalue weighted by Crippen LogP contribution is 2.31. The Hall–Kier alpha value is -1.83. The Labute approximate surface area is 115 Å². The van der Waals surface area contributed by atoms with Gasteiger partial charge in [0.2, 0.25) is 0 Å². The summed E-state index contributed by atoms with van der Waals surface area (Å²) in [4.78, 5) is 9.00. The van der Waals surface area contributed by atoms with Gasteiger partial charge in [0.15, 0.2) is 0 Å². The highest BCUT2D eigenvalue weighted by Gasteiger charge is 2.09. The zero-order valence-corrected chi connectivity index (χ0v) is 12.3. The molecule has 0 saturated heterocycles. The Bertz CT molecular complexity index is 537. The molecule has 0 atom stereocenters. The summed E-state index contributed by atoms with van der Waals surface area (Å²) in [6, 6.07) is 11.3. The van der Waals surface area contributed by atoms with Gasteiger partial charge in [0, 0.05) is 6.92 Å². The molecule has 2 heteroatoms. The molecule has 0 bridgehead atoms. The van der Waals surface area contributed by atoms with Crippen molar-refractivity contribution in [1.29, 1.82) is 0 Å². The summed E-state index contributed by atoms with van der Waals surface area (Å²) < 4.78 is 0. The molecule has 0 unspecified atom stereocenters. The second kappa shape index (κ2) is 6.37. The van der Waals surface area contributed by atoms with Crippen LogP contribution in [0.2, 0.25) is 0 Å². The number of carbonyl (C=O) groups is 1. The molecule has 2 nitrogen and oxygen atoms in total. The van der Waals surface area contributed by atoms with Crippen LogP contribution in [0, 0.1) is 13.8 Å². The standard InChI is InChI=1S/C15H18.C2H4O2/c1-10(2)13-7-5-11(3)14-8-6-12(4)15(14)9-13;1-2(3)4/h5-10H,1-4H3;1H3,(H,3,4). The van der Waals surface area contributed by atoms with E-state index in [9.17, 15) is 0 Å². The van der Waals surface area contributed by atoms with Gasteiger partial charge in [-0.05, 0) is 47.6 Å². The van der Waals surface area contributed by atoms with Gasteiger partial charge in [0.25, 0.3) is 5.97 Å². The molecule has 0 amide bonds. The molecule has 2 rings (SSSR count). The van der Waals surface area contributed by atoms with Crippen LogP contribution in [0.15, 0.2) is 30.3 Å². The van der Waals surface area contributed by atoms with Gasteiger partial charge in [-0.15, -0.1) is 0 Å². The van der Waals surface area contributed by atoms with E-state index in [1.807, 2.05) is 0 Å². The minimum Gasteiger partial charge on any atom is -0.481 e. The zero-order chi connectivity index (χ0) is 14.6. The van der Waals surface area contributed by atoms with Gasteiger partial charge >= 0.3 is 0 Å². The Morgan fingerprint density at radius 2 is 1.47 bits per heavy atom. The second-order valence-corrected chi connectivity index (χ2v) is 5.18. The molecule has 0 fully saturated rings. The summed E-state index contributed by atoms with van der Waals surface area (Å²) in [6.45, 7) is 9.95. The maximum absolute atomic E-state index is 9.00. The maximum Gasteiger partial charge on any atom is 0.300 e. The van der Waals surface area contributed by atoms with E-state index >= 15 is 0 Å². The molecular formula is C17H22O2. The maximum atomic E-state index is 9.00. The minimum atomic E-state index is -0.833. The molecule has 2 aliphatic carbocycles. The normalized spacial score (nSPS) is 10.2. The molecule has 19 heavy (non-hydrogen) atoms. The van der Waals surface area contributed by atoms with Gasteiger partial charge in [-0.3, -0.25) is 4.79 Å². The van der Waals surface area contributed by atoms with Crippen LogP contribution in [0.25, 0.3) is 11.1 Å². The van der Waals surface area contributed by atoms with Crippen molar-refractivity contribution in [2.75, 3.05) is 0 Å². The van der Waals surface area contributed by atoms with Gasteiger partial charge in [0.1, 0.15) is 0 Å². The molecule has 0 aromatic carbocycles. The van der Waals surface area contributed by atoms with Crippen molar-refractivity contribution in [3.63, 3.8) is 0 Å². The van der Waals surface area contributed by atoms with Crippen LogP contribution in [0.3, 0.4) is 0 Å². The summed E-state index contributed by atoms with van der Waals surface area (Å²) in [6.07, 6.45) is 0. The van der Waals surface area contributed by atoms with Crippen molar-refractivity contribution in [3.05, 3.63) is 47.0 Å². The Balaban J connectivity index is 0.000000399. The zero-order valence-electron chi connectivity index (χ0n) is 12.3. The Morgan fingerprint density at radius 1 is 1.00 bits per heavy atom. The number of carboxylic acid groups (broad SMARTS) is 1. The number of carboxylic acids is 1. The quantitative estimate of drug-likeness (QED) is 0.810. The number of aryl methyl sites for hydroxylation is 2. The highest BCUT2D eigenvalue weighted by molar-refractivity contribution is 5.73. The third kappa shape index (κ3) is 4.09. The highest BCUT2D eigenvalue weighted by atomic mass is 16.4. The number of fused-ring (bicyclic) bond motifs is 1. The smallest absolute Gasteiger partial charge is 0.300 e. The van der Waals surface area contributed by atoms with Crippen molar-refractivity contribution in [2.45, 2.75) is 40.5 Å². The summed E-state index contributed by atoms with van der Waals surface area (Å²) in [5, 5.41) is 7.42. The number of rotatable bonds is 1. The predicted molar refractivity (Wildman–Crippen MR) is 79.9 cm³/mol. The Kier molecular flexibility index (Phi) is 5.11. The van der Waals surface area contributed by atoms with Crippen LogP contribution in [0.4, 0.5) is 0 Å². The van der Waals surface area contributed by atoms with Crippen molar-refractivity contribution in [1.82, 2.24) is 0 Å². The fourth-order valence-electron chi connectivity index (χ4n) is 2.02. The fraction of sp³-hybridized carbons (Fsp3) is 0.353. The molecule has 0 aromatic heterocycles. The number of hydrogen-bond donors (Lipinski definition) is 1. The lowest BCUT2D eigenvalue weighted by Crippen LogP contribution is -1.83. The van der Waals surface area contributed by atoms with E-state index in [0.29, 0.717) is 5.92 Å². The first-order valence-corrected chi connectivity index (χ1v) is 6.52. The van der Waals surface area contributed by atoms with Crippen LogP contribution in [-0.2, 0) is 4.79 Å². The topological polar surface area (TPSA) is 37.3 Å². The SMILES string of the molecule is CC(=O)O.Cc1ccc(C(C)C)cc2c(C)ccc1-2. The molecule has 0 aliphatic heterocycles. The van der Waals surface area contributed by atoms with Gasteiger partial charge in [-0.25, -0.2) is 0 Å². The predicted octanol–water partition coefficient (Wildman–Crippen LogP) is 4.62. The molecule has 1 N–H and O–H groups in total. The van der Waals surface area contributed by atoms with Crippen molar-refractivity contribution < 1.29 is 9.90 Å². The van der Waals surface area contributed by atoms with Crippen molar-refractivity contribution in [3.8, 4) is 11.1 Å². The van der Waals surface area contributed by atoms with Gasteiger partial charge < -0.3 is 5.11 Å². The monoisotopic (exact) mass is 258 g/mol. The van der Waals surface area contributed by atoms with Crippen LogP contribution in [0.1, 0.15) is 43.4 Å². The molecule has 0 heterocycles. The first-order chi connectivity index (χ1) is 8.82. The van der Waals surface area contributed by atoms with Gasteiger partial charge in [0.05, 0.1) is 0 Å². The van der Waals surface area contributed by atoms with Gasteiger partial charge in [-0.2, -0.15) is 0 Å². The van der Waals surface area contributed by atoms with E-state index in [1.165, 1.54) is 27.8 Å². The van der Waals surface area contributed by atoms with E-state index in [2.05, 4.69) is 58.0 Å². The average molecular weight is 258 g/mol. The molecule has 102 valence electrons. The summed E-state index contributed by atoms with van der Waals surface area (Å²) in [5.41, 5.74) is 6.96. The van der Waals surface area contributed by atoms with Crippen molar-refractivity contribution in [2.24, 2.45) is 0 Å². The Morgan fingerprint density at radius 3 is 2.00 bits per heavy atom. The van der Waals surface area contributed by atoms with E-state index < -0.39 is 5.97 Å². The molecule has 2 aliphatic rings. The first kappa shape index (κ1) is 15.2. The second-order valence-electron chi connectivity index (χ2n) is 5.18. The van der Waals surface area contributed by atoms with Crippen LogP contribution >= 0.6 is 0 Å². The molecule has 0 spiro atoms. The lowest BCUT2D eigenvalue weighted by molar-refractivity contribution is -0.134.